The van der Waals surface area contributed by atoms with Crippen molar-refractivity contribution in [2.24, 2.45) is 10.4 Å². The second kappa shape index (κ2) is 4.80. The molecular weight excluding hydrogens is 158 g/mol. The van der Waals surface area contributed by atoms with Crippen molar-refractivity contribution in [3.05, 3.63) is 37.1 Å². The molecule has 0 aliphatic carbocycles. The molecule has 0 aromatic carbocycles. The van der Waals surface area contributed by atoms with Crippen LogP contribution in [0.1, 0.15) is 27.7 Å². The van der Waals surface area contributed by atoms with Crippen LogP contribution in [0, 0.1) is 5.41 Å². The molecule has 0 aromatic heterocycles. The summed E-state index contributed by atoms with van der Waals surface area (Å²) in [6.45, 7) is 15.7. The van der Waals surface area contributed by atoms with E-state index in [4.69, 9.17) is 0 Å². The topological polar surface area (TPSA) is 12.4 Å². The van der Waals surface area contributed by atoms with Crippen molar-refractivity contribution in [1.29, 1.82) is 0 Å². The second-order valence-electron chi connectivity index (χ2n) is 3.87. The molecule has 0 aromatic rings. The average molecular weight is 177 g/mol. The van der Waals surface area contributed by atoms with Gasteiger partial charge in [-0.15, -0.1) is 0 Å². The number of nitrogens with zero attached hydrogens (tertiary/aromatic N) is 1. The first-order chi connectivity index (χ1) is 5.95. The quantitative estimate of drug-likeness (QED) is 0.460. The summed E-state index contributed by atoms with van der Waals surface area (Å²) in [7, 11) is 0. The van der Waals surface area contributed by atoms with Crippen molar-refractivity contribution >= 4 is 5.71 Å². The monoisotopic (exact) mass is 177 g/mol. The average Bonchev–Trinajstić information content (AvgIpc) is 2.04. The van der Waals surface area contributed by atoms with Gasteiger partial charge in [0.1, 0.15) is 0 Å². The third-order valence-corrected chi connectivity index (χ3v) is 1.72. The first-order valence-corrected chi connectivity index (χ1v) is 4.46. The maximum atomic E-state index is 4.44. The SMILES string of the molecule is C=CC(=N/C(C=C)=C\C)C(C)(C)C. The van der Waals surface area contributed by atoms with Crippen molar-refractivity contribution in [2.45, 2.75) is 27.7 Å². The van der Waals surface area contributed by atoms with Crippen molar-refractivity contribution in [3.63, 3.8) is 0 Å². The Morgan fingerprint density at radius 2 is 1.69 bits per heavy atom. The van der Waals surface area contributed by atoms with E-state index < -0.39 is 0 Å². The minimum atomic E-state index is 0.0407. The van der Waals surface area contributed by atoms with E-state index in [1.807, 2.05) is 13.0 Å². The molecule has 0 atom stereocenters. The van der Waals surface area contributed by atoms with Crippen molar-refractivity contribution in [1.82, 2.24) is 0 Å². The van der Waals surface area contributed by atoms with Gasteiger partial charge in [-0.2, -0.15) is 0 Å². The van der Waals surface area contributed by atoms with Gasteiger partial charge in [-0.3, -0.25) is 4.99 Å². The first kappa shape index (κ1) is 11.9. The van der Waals surface area contributed by atoms with E-state index in [1.165, 1.54) is 0 Å². The number of allylic oxidation sites excluding steroid dienone is 3. The van der Waals surface area contributed by atoms with Crippen molar-refractivity contribution < 1.29 is 0 Å². The van der Waals surface area contributed by atoms with Crippen LogP contribution in [0.15, 0.2) is 42.1 Å². The third kappa shape index (κ3) is 3.88. The van der Waals surface area contributed by atoms with E-state index in [9.17, 15) is 0 Å². The van der Waals surface area contributed by atoms with Crippen LogP contribution in [-0.4, -0.2) is 5.71 Å². The summed E-state index contributed by atoms with van der Waals surface area (Å²) >= 11 is 0. The molecule has 1 nitrogen and oxygen atoms in total. The molecule has 0 fully saturated rings. The summed E-state index contributed by atoms with van der Waals surface area (Å²) in [5, 5.41) is 0. The number of rotatable bonds is 3. The van der Waals surface area contributed by atoms with E-state index in [0.717, 1.165) is 11.4 Å². The summed E-state index contributed by atoms with van der Waals surface area (Å²) < 4.78 is 0. The fourth-order valence-electron chi connectivity index (χ4n) is 0.887. The molecule has 0 amide bonds. The van der Waals surface area contributed by atoms with Crippen LogP contribution in [-0.2, 0) is 0 Å². The molecule has 0 saturated carbocycles. The molecule has 0 spiro atoms. The Labute approximate surface area is 81.6 Å². The standard InChI is InChI=1S/C12H19N/c1-7-10(8-2)13-11(9-3)12(4,5)6/h7-9H,1,3H2,2,4-6H3/b10-8-,13-11?. The number of hydrogen-bond acceptors (Lipinski definition) is 1. The van der Waals surface area contributed by atoms with Crippen LogP contribution in [0.3, 0.4) is 0 Å². The van der Waals surface area contributed by atoms with Crippen LogP contribution in [0.5, 0.6) is 0 Å². The Balaban J connectivity index is 4.98. The molecule has 0 N–H and O–H groups in total. The Morgan fingerprint density at radius 1 is 1.15 bits per heavy atom. The van der Waals surface area contributed by atoms with Crippen molar-refractivity contribution in [2.75, 3.05) is 0 Å². The molecule has 0 aliphatic rings. The third-order valence-electron chi connectivity index (χ3n) is 1.72. The molecule has 1 heteroatoms. The Bertz CT molecular complexity index is 249. The zero-order chi connectivity index (χ0) is 10.5. The highest BCUT2D eigenvalue weighted by atomic mass is 14.8. The predicted octanol–water partition coefficient (Wildman–Crippen LogP) is 3.75. The summed E-state index contributed by atoms with van der Waals surface area (Å²) in [4.78, 5) is 4.44. The van der Waals surface area contributed by atoms with Crippen LogP contribution in [0.4, 0.5) is 0 Å². The van der Waals surface area contributed by atoms with Crippen LogP contribution < -0.4 is 0 Å². The van der Waals surface area contributed by atoms with Gasteiger partial charge in [0, 0.05) is 11.1 Å². The highest BCUT2D eigenvalue weighted by molar-refractivity contribution is 5.99. The van der Waals surface area contributed by atoms with Gasteiger partial charge in [0.2, 0.25) is 0 Å². The minimum absolute atomic E-state index is 0.0407. The van der Waals surface area contributed by atoms with Gasteiger partial charge >= 0.3 is 0 Å². The zero-order valence-electron chi connectivity index (χ0n) is 9.09. The molecule has 0 saturated heterocycles. The first-order valence-electron chi connectivity index (χ1n) is 4.46. The van der Waals surface area contributed by atoms with Gasteiger partial charge < -0.3 is 0 Å². The van der Waals surface area contributed by atoms with Gasteiger partial charge in [0.15, 0.2) is 0 Å². The molecule has 72 valence electrons. The summed E-state index contributed by atoms with van der Waals surface area (Å²) in [6.07, 6.45) is 5.48. The predicted molar refractivity (Wildman–Crippen MR) is 61.0 cm³/mol. The van der Waals surface area contributed by atoms with Crippen LogP contribution in [0.2, 0.25) is 0 Å². The molecule has 0 radical (unpaired) electrons. The smallest absolute Gasteiger partial charge is 0.0584 e. The number of aliphatic imine (C=N–C) groups is 1. The van der Waals surface area contributed by atoms with Gasteiger partial charge in [-0.05, 0) is 19.1 Å². The zero-order valence-corrected chi connectivity index (χ0v) is 9.09. The molecular formula is C12H19N. The summed E-state index contributed by atoms with van der Waals surface area (Å²) in [5.74, 6) is 0. The van der Waals surface area contributed by atoms with E-state index in [-0.39, 0.29) is 5.41 Å². The Kier molecular flexibility index (Phi) is 4.39. The molecule has 0 rings (SSSR count). The molecule has 0 aliphatic heterocycles. The van der Waals surface area contributed by atoms with E-state index in [0.29, 0.717) is 0 Å². The lowest BCUT2D eigenvalue weighted by Crippen LogP contribution is -2.17. The fourth-order valence-corrected chi connectivity index (χ4v) is 0.887. The lowest BCUT2D eigenvalue weighted by Gasteiger charge is -2.18. The second-order valence-corrected chi connectivity index (χ2v) is 3.87. The molecule has 0 bridgehead atoms. The highest BCUT2D eigenvalue weighted by Gasteiger charge is 2.15. The highest BCUT2D eigenvalue weighted by Crippen LogP contribution is 2.18. The maximum Gasteiger partial charge on any atom is 0.0584 e. The molecule has 13 heavy (non-hydrogen) atoms. The summed E-state index contributed by atoms with van der Waals surface area (Å²) in [6, 6.07) is 0. The largest absolute Gasteiger partial charge is 0.253 e. The van der Waals surface area contributed by atoms with Gasteiger partial charge in [-0.1, -0.05) is 40.0 Å². The summed E-state index contributed by atoms with van der Waals surface area (Å²) in [5.41, 5.74) is 1.92. The number of hydrogen-bond donors (Lipinski definition) is 0. The van der Waals surface area contributed by atoms with Gasteiger partial charge in [-0.25, -0.2) is 0 Å². The van der Waals surface area contributed by atoms with Gasteiger partial charge in [0.25, 0.3) is 0 Å². The van der Waals surface area contributed by atoms with Crippen LogP contribution >= 0.6 is 0 Å². The normalized spacial score (nSPS) is 14.2. The van der Waals surface area contributed by atoms with E-state index >= 15 is 0 Å². The van der Waals surface area contributed by atoms with E-state index in [2.05, 4.69) is 38.9 Å². The Hall–Kier alpha value is -1.11. The van der Waals surface area contributed by atoms with Crippen molar-refractivity contribution in [3.8, 4) is 0 Å². The molecule has 0 unspecified atom stereocenters. The van der Waals surface area contributed by atoms with E-state index in [1.54, 1.807) is 12.2 Å². The lowest BCUT2D eigenvalue weighted by atomic mass is 9.90. The lowest BCUT2D eigenvalue weighted by molar-refractivity contribution is 0.594. The minimum Gasteiger partial charge on any atom is -0.253 e. The molecule has 0 heterocycles. The Morgan fingerprint density at radius 3 is 1.92 bits per heavy atom. The van der Waals surface area contributed by atoms with Crippen LogP contribution in [0.25, 0.3) is 0 Å². The maximum absolute atomic E-state index is 4.44. The fraction of sp³-hybridized carbons (Fsp3) is 0.417. The van der Waals surface area contributed by atoms with Gasteiger partial charge in [0.05, 0.1) is 5.70 Å².